The van der Waals surface area contributed by atoms with Crippen molar-refractivity contribution < 1.29 is 4.74 Å². The summed E-state index contributed by atoms with van der Waals surface area (Å²) in [6, 6.07) is 7.07. The molecule has 0 saturated heterocycles. The van der Waals surface area contributed by atoms with E-state index in [9.17, 15) is 0 Å². The van der Waals surface area contributed by atoms with Gasteiger partial charge in [-0.25, -0.2) is 0 Å². The molecule has 0 bridgehead atoms. The van der Waals surface area contributed by atoms with Crippen LogP contribution in [0.25, 0.3) is 0 Å². The number of rotatable bonds is 6. The highest BCUT2D eigenvalue weighted by Crippen LogP contribution is 2.37. The molecule has 1 saturated carbocycles. The van der Waals surface area contributed by atoms with Crippen molar-refractivity contribution in [2.24, 2.45) is 5.92 Å². The number of nitrogens with one attached hydrogen (secondary N) is 1. The standard InChI is InChI=1S/C16H23NO/c1-2-17-15-9-8-14-13(15)4-3-5-16(14)18-11-10-12-6-7-12/h3-5,12,15,17H,2,6-11H2,1H3. The maximum atomic E-state index is 6.00. The van der Waals surface area contributed by atoms with Gasteiger partial charge in [0.05, 0.1) is 6.61 Å². The Morgan fingerprint density at radius 2 is 2.17 bits per heavy atom. The highest BCUT2D eigenvalue weighted by Gasteiger charge is 2.25. The van der Waals surface area contributed by atoms with Gasteiger partial charge in [0.25, 0.3) is 0 Å². The zero-order chi connectivity index (χ0) is 12.4. The Bertz CT molecular complexity index is 412. The van der Waals surface area contributed by atoms with Gasteiger partial charge in [0.15, 0.2) is 0 Å². The van der Waals surface area contributed by atoms with E-state index in [0.717, 1.165) is 31.2 Å². The van der Waals surface area contributed by atoms with Crippen LogP contribution in [-0.2, 0) is 6.42 Å². The first-order chi connectivity index (χ1) is 8.88. The molecule has 2 aliphatic carbocycles. The summed E-state index contributed by atoms with van der Waals surface area (Å²) in [6.45, 7) is 4.11. The smallest absolute Gasteiger partial charge is 0.122 e. The van der Waals surface area contributed by atoms with Gasteiger partial charge in [-0.15, -0.1) is 0 Å². The van der Waals surface area contributed by atoms with Crippen molar-refractivity contribution in [2.75, 3.05) is 13.2 Å². The lowest BCUT2D eigenvalue weighted by atomic mass is 10.1. The molecular weight excluding hydrogens is 222 g/mol. The summed E-state index contributed by atoms with van der Waals surface area (Å²) < 4.78 is 6.00. The molecule has 2 aliphatic rings. The van der Waals surface area contributed by atoms with E-state index in [1.807, 2.05) is 0 Å². The Morgan fingerprint density at radius 1 is 1.28 bits per heavy atom. The molecule has 98 valence electrons. The summed E-state index contributed by atoms with van der Waals surface area (Å²) in [5, 5.41) is 3.56. The monoisotopic (exact) mass is 245 g/mol. The van der Waals surface area contributed by atoms with Gasteiger partial charge < -0.3 is 10.1 Å². The predicted octanol–water partition coefficient (Wildman–Crippen LogP) is 3.46. The molecule has 18 heavy (non-hydrogen) atoms. The Kier molecular flexibility index (Phi) is 3.55. The fourth-order valence-electron chi connectivity index (χ4n) is 2.96. The summed E-state index contributed by atoms with van der Waals surface area (Å²) in [5.74, 6) is 2.09. The molecule has 1 N–H and O–H groups in total. The van der Waals surface area contributed by atoms with E-state index in [1.54, 1.807) is 0 Å². The molecule has 0 spiro atoms. The third kappa shape index (κ3) is 2.54. The topological polar surface area (TPSA) is 21.3 Å². The van der Waals surface area contributed by atoms with Crippen molar-refractivity contribution in [1.82, 2.24) is 5.32 Å². The highest BCUT2D eigenvalue weighted by atomic mass is 16.5. The average Bonchev–Trinajstić information content (AvgIpc) is 3.11. The number of hydrogen-bond donors (Lipinski definition) is 1. The number of benzene rings is 1. The lowest BCUT2D eigenvalue weighted by Crippen LogP contribution is -2.18. The molecule has 3 rings (SSSR count). The Hall–Kier alpha value is -1.02. The lowest BCUT2D eigenvalue weighted by molar-refractivity contribution is 0.300. The molecule has 0 aliphatic heterocycles. The first-order valence-corrected chi connectivity index (χ1v) is 7.36. The second-order valence-electron chi connectivity index (χ2n) is 5.55. The first-order valence-electron chi connectivity index (χ1n) is 7.36. The van der Waals surface area contributed by atoms with Crippen LogP contribution in [-0.4, -0.2) is 13.2 Å². The van der Waals surface area contributed by atoms with Gasteiger partial charge in [-0.3, -0.25) is 0 Å². The second kappa shape index (κ2) is 5.31. The van der Waals surface area contributed by atoms with Gasteiger partial charge in [0.2, 0.25) is 0 Å². The van der Waals surface area contributed by atoms with E-state index in [1.165, 1.54) is 36.8 Å². The number of fused-ring (bicyclic) bond motifs is 1. The molecule has 0 amide bonds. The van der Waals surface area contributed by atoms with E-state index >= 15 is 0 Å². The van der Waals surface area contributed by atoms with Crippen molar-refractivity contribution in [3.63, 3.8) is 0 Å². The SMILES string of the molecule is CCNC1CCc2c(OCCC3CC3)cccc21. The van der Waals surface area contributed by atoms with Gasteiger partial charge in [-0.05, 0) is 48.9 Å². The van der Waals surface area contributed by atoms with Crippen molar-refractivity contribution in [3.05, 3.63) is 29.3 Å². The summed E-state index contributed by atoms with van der Waals surface area (Å²) in [7, 11) is 0. The van der Waals surface area contributed by atoms with Crippen LogP contribution < -0.4 is 10.1 Å². The van der Waals surface area contributed by atoms with Crippen LogP contribution in [0.1, 0.15) is 49.8 Å². The largest absolute Gasteiger partial charge is 0.493 e. The first kappa shape index (κ1) is 12.0. The third-order valence-corrected chi connectivity index (χ3v) is 4.16. The molecule has 2 nitrogen and oxygen atoms in total. The Labute approximate surface area is 110 Å². The van der Waals surface area contributed by atoms with Crippen LogP contribution in [0.3, 0.4) is 0 Å². The second-order valence-corrected chi connectivity index (χ2v) is 5.55. The highest BCUT2D eigenvalue weighted by molar-refractivity contribution is 5.45. The molecule has 0 aromatic heterocycles. The number of hydrogen-bond acceptors (Lipinski definition) is 2. The maximum Gasteiger partial charge on any atom is 0.122 e. The van der Waals surface area contributed by atoms with Crippen LogP contribution in [0.5, 0.6) is 5.75 Å². The minimum atomic E-state index is 0.539. The van der Waals surface area contributed by atoms with E-state index < -0.39 is 0 Å². The molecule has 0 radical (unpaired) electrons. The van der Waals surface area contributed by atoms with Crippen molar-refractivity contribution in [2.45, 2.75) is 45.1 Å². The van der Waals surface area contributed by atoms with Crippen molar-refractivity contribution in [1.29, 1.82) is 0 Å². The van der Waals surface area contributed by atoms with Crippen LogP contribution in [0.2, 0.25) is 0 Å². The quantitative estimate of drug-likeness (QED) is 0.828. The zero-order valence-electron chi connectivity index (χ0n) is 11.2. The Balaban J connectivity index is 1.67. The van der Waals surface area contributed by atoms with Gasteiger partial charge in [0.1, 0.15) is 5.75 Å². The molecular formula is C16H23NO. The van der Waals surface area contributed by atoms with Crippen molar-refractivity contribution >= 4 is 0 Å². The molecule has 1 aromatic carbocycles. The van der Waals surface area contributed by atoms with Gasteiger partial charge >= 0.3 is 0 Å². The van der Waals surface area contributed by atoms with Crippen molar-refractivity contribution in [3.8, 4) is 5.75 Å². The fourth-order valence-corrected chi connectivity index (χ4v) is 2.96. The minimum Gasteiger partial charge on any atom is -0.493 e. The van der Waals surface area contributed by atoms with Gasteiger partial charge in [-0.1, -0.05) is 31.9 Å². The number of ether oxygens (including phenoxy) is 1. The zero-order valence-corrected chi connectivity index (χ0v) is 11.2. The van der Waals surface area contributed by atoms with E-state index in [4.69, 9.17) is 4.74 Å². The molecule has 1 unspecified atom stereocenters. The molecule has 2 heteroatoms. The third-order valence-electron chi connectivity index (χ3n) is 4.16. The average molecular weight is 245 g/mol. The lowest BCUT2D eigenvalue weighted by Gasteiger charge is -2.14. The van der Waals surface area contributed by atoms with Gasteiger partial charge in [0, 0.05) is 6.04 Å². The minimum absolute atomic E-state index is 0.539. The summed E-state index contributed by atoms with van der Waals surface area (Å²) in [5.41, 5.74) is 2.90. The van der Waals surface area contributed by atoms with Crippen LogP contribution >= 0.6 is 0 Å². The molecule has 1 fully saturated rings. The fraction of sp³-hybridized carbons (Fsp3) is 0.625. The normalized spacial score (nSPS) is 21.9. The molecule has 1 aromatic rings. The van der Waals surface area contributed by atoms with E-state index in [2.05, 4.69) is 30.4 Å². The summed E-state index contributed by atoms with van der Waals surface area (Å²) in [4.78, 5) is 0. The van der Waals surface area contributed by atoms with Crippen LogP contribution in [0.15, 0.2) is 18.2 Å². The molecule has 0 heterocycles. The molecule has 1 atom stereocenters. The van der Waals surface area contributed by atoms with Gasteiger partial charge in [-0.2, -0.15) is 0 Å². The maximum absolute atomic E-state index is 6.00. The van der Waals surface area contributed by atoms with E-state index in [0.29, 0.717) is 6.04 Å². The van der Waals surface area contributed by atoms with Crippen LogP contribution in [0, 0.1) is 5.92 Å². The van der Waals surface area contributed by atoms with Crippen LogP contribution in [0.4, 0.5) is 0 Å². The predicted molar refractivity (Wildman–Crippen MR) is 74.0 cm³/mol. The Morgan fingerprint density at radius 3 is 2.94 bits per heavy atom. The summed E-state index contributed by atoms with van der Waals surface area (Å²) in [6.07, 6.45) is 6.44. The summed E-state index contributed by atoms with van der Waals surface area (Å²) >= 11 is 0. The van der Waals surface area contributed by atoms with E-state index in [-0.39, 0.29) is 0 Å².